The van der Waals surface area contributed by atoms with E-state index < -0.39 is 30.8 Å². The maximum absolute atomic E-state index is 10.2. The van der Waals surface area contributed by atoms with Crippen LogP contribution in [0.5, 0.6) is 0 Å². The molecule has 5 heteroatoms. The maximum Gasteiger partial charge on any atom is 0.321 e. The lowest BCUT2D eigenvalue weighted by molar-refractivity contribution is -0.149. The van der Waals surface area contributed by atoms with Crippen molar-refractivity contribution >= 4 is 11.9 Å². The molecule has 0 saturated heterocycles. The van der Waals surface area contributed by atoms with Gasteiger partial charge in [0.05, 0.1) is 5.92 Å². The summed E-state index contributed by atoms with van der Waals surface area (Å²) in [6.07, 6.45) is 0. The Morgan fingerprint density at radius 1 is 1.50 bits per heavy atom. The normalized spacial score (nSPS) is 17.1. The zero-order valence-electron chi connectivity index (χ0n) is 6.15. The van der Waals surface area contributed by atoms with Crippen molar-refractivity contribution in [1.82, 2.24) is 0 Å². The van der Waals surface area contributed by atoms with Gasteiger partial charge in [-0.2, -0.15) is 0 Å². The Kier molecular flexibility index (Phi) is 2.22. The summed E-state index contributed by atoms with van der Waals surface area (Å²) < 4.78 is 6.69. The third-order valence-electron chi connectivity index (χ3n) is 1.04. The lowest BCUT2D eigenvalue weighted by atomic mass is 10.0. The number of hydrogen-bond donors (Lipinski definition) is 3. The highest BCUT2D eigenvalue weighted by Crippen LogP contribution is 1.99. The molecule has 5 nitrogen and oxygen atoms in total. The molecule has 0 aromatic carbocycles. The van der Waals surface area contributed by atoms with Gasteiger partial charge >= 0.3 is 11.9 Å². The second kappa shape index (κ2) is 3.17. The molecule has 0 saturated carbocycles. The van der Waals surface area contributed by atoms with Gasteiger partial charge in [0, 0.05) is 1.37 Å². The van der Waals surface area contributed by atoms with Gasteiger partial charge in [-0.1, -0.05) is 0 Å². The van der Waals surface area contributed by atoms with E-state index in [0.717, 1.165) is 0 Å². The Morgan fingerprint density at radius 3 is 2.10 bits per heavy atom. The highest BCUT2D eigenvalue weighted by Gasteiger charge is 2.25. The third-order valence-corrected chi connectivity index (χ3v) is 1.04. The average molecular weight is 148 g/mol. The molecule has 0 fully saturated rings. The second-order valence-electron chi connectivity index (χ2n) is 1.81. The lowest BCUT2D eigenvalue weighted by Gasteiger charge is -2.09. The minimum atomic E-state index is -1.50. The van der Waals surface area contributed by atoms with E-state index >= 15 is 0 Å². The summed E-state index contributed by atoms with van der Waals surface area (Å²) in [6.45, 7) is -0.525. The van der Waals surface area contributed by atoms with E-state index in [0.29, 0.717) is 0 Å². The van der Waals surface area contributed by atoms with Gasteiger partial charge in [-0.3, -0.25) is 9.59 Å². The molecular weight excluding hydrogens is 138 g/mol. The number of hydrogen-bond acceptors (Lipinski definition) is 3. The average Bonchev–Trinajstić information content (AvgIpc) is 1.88. The Bertz CT molecular complexity index is 172. The van der Waals surface area contributed by atoms with Gasteiger partial charge in [-0.25, -0.2) is 0 Å². The first kappa shape index (κ1) is 7.01. The summed E-state index contributed by atoms with van der Waals surface area (Å²) in [5.41, 5.74) is 4.97. The molecule has 1 unspecified atom stereocenters. The van der Waals surface area contributed by atoms with Crippen LogP contribution in [0.4, 0.5) is 0 Å². The SMILES string of the molecule is [2H]CC(C(=O)O)[C@H](N)C(=O)O. The molecule has 0 radical (unpaired) electrons. The van der Waals surface area contributed by atoms with E-state index in [2.05, 4.69) is 0 Å². The minimum Gasteiger partial charge on any atom is -0.481 e. The van der Waals surface area contributed by atoms with Crippen molar-refractivity contribution < 1.29 is 21.2 Å². The summed E-state index contributed by atoms with van der Waals surface area (Å²) in [7, 11) is 0. The quantitative estimate of drug-likeness (QED) is 0.482. The van der Waals surface area contributed by atoms with Gasteiger partial charge in [-0.15, -0.1) is 0 Å². The summed E-state index contributed by atoms with van der Waals surface area (Å²) in [5.74, 6) is -4.08. The number of rotatable bonds is 3. The monoisotopic (exact) mass is 148 g/mol. The fraction of sp³-hybridized carbons (Fsp3) is 0.600. The molecule has 0 spiro atoms. The molecule has 0 bridgehead atoms. The predicted molar refractivity (Wildman–Crippen MR) is 32.4 cm³/mol. The second-order valence-corrected chi connectivity index (χ2v) is 1.81. The summed E-state index contributed by atoms with van der Waals surface area (Å²) in [5, 5.41) is 16.6. The van der Waals surface area contributed by atoms with Crippen molar-refractivity contribution in [3.63, 3.8) is 0 Å². The maximum atomic E-state index is 10.2. The molecule has 0 heterocycles. The van der Waals surface area contributed by atoms with E-state index in [1.807, 2.05) is 0 Å². The van der Waals surface area contributed by atoms with E-state index in [4.69, 9.17) is 17.3 Å². The first-order valence-electron chi connectivity index (χ1n) is 3.21. The highest BCUT2D eigenvalue weighted by atomic mass is 16.4. The van der Waals surface area contributed by atoms with Gasteiger partial charge in [0.15, 0.2) is 0 Å². The molecular formula is C5H9NO4. The van der Waals surface area contributed by atoms with Gasteiger partial charge in [0.2, 0.25) is 0 Å². The molecule has 0 aromatic rings. The highest BCUT2D eigenvalue weighted by molar-refractivity contribution is 5.82. The smallest absolute Gasteiger partial charge is 0.321 e. The lowest BCUT2D eigenvalue weighted by Crippen LogP contribution is -2.40. The van der Waals surface area contributed by atoms with Crippen molar-refractivity contribution in [3.8, 4) is 0 Å². The van der Waals surface area contributed by atoms with E-state index in [1.165, 1.54) is 0 Å². The van der Waals surface area contributed by atoms with E-state index in [1.54, 1.807) is 0 Å². The molecule has 0 rings (SSSR count). The van der Waals surface area contributed by atoms with E-state index in [9.17, 15) is 9.59 Å². The summed E-state index contributed by atoms with van der Waals surface area (Å²) in [4.78, 5) is 20.3. The number of nitrogens with two attached hydrogens (primary N) is 1. The molecule has 0 aliphatic carbocycles. The first-order valence-corrected chi connectivity index (χ1v) is 2.51. The van der Waals surface area contributed by atoms with Crippen LogP contribution in [0.3, 0.4) is 0 Å². The number of carboxylic acids is 2. The van der Waals surface area contributed by atoms with Gasteiger partial charge in [0.25, 0.3) is 0 Å². The Balaban J connectivity index is 4.25. The molecule has 0 aliphatic heterocycles. The molecule has 0 amide bonds. The van der Waals surface area contributed by atoms with Crippen molar-refractivity contribution in [2.45, 2.75) is 12.9 Å². The molecule has 2 atom stereocenters. The van der Waals surface area contributed by atoms with Crippen molar-refractivity contribution in [2.24, 2.45) is 11.7 Å². The van der Waals surface area contributed by atoms with Crippen LogP contribution in [0, 0.1) is 5.92 Å². The molecule has 0 aromatic heterocycles. The number of carbonyl (C=O) groups is 2. The third kappa shape index (κ3) is 2.02. The zero-order chi connectivity index (χ0) is 9.02. The number of carboxylic acid groups (broad SMARTS) is 2. The predicted octanol–water partition coefficient (Wildman–Crippen LogP) is -0.881. The first-order chi connectivity index (χ1) is 5.00. The largest absolute Gasteiger partial charge is 0.481 e. The van der Waals surface area contributed by atoms with Crippen LogP contribution in [0.2, 0.25) is 0 Å². The van der Waals surface area contributed by atoms with Crippen LogP contribution in [0.25, 0.3) is 0 Å². The summed E-state index contributed by atoms with van der Waals surface area (Å²) >= 11 is 0. The van der Waals surface area contributed by atoms with E-state index in [-0.39, 0.29) is 0 Å². The van der Waals surface area contributed by atoms with Crippen molar-refractivity contribution in [1.29, 1.82) is 0 Å². The van der Waals surface area contributed by atoms with Crippen LogP contribution in [0.1, 0.15) is 8.27 Å². The topological polar surface area (TPSA) is 101 Å². The van der Waals surface area contributed by atoms with Crippen LogP contribution in [-0.2, 0) is 9.59 Å². The Morgan fingerprint density at radius 2 is 2.00 bits per heavy atom. The van der Waals surface area contributed by atoms with Gasteiger partial charge in [-0.05, 0) is 6.90 Å². The molecule has 0 aliphatic rings. The van der Waals surface area contributed by atoms with Crippen molar-refractivity contribution in [2.75, 3.05) is 0 Å². The van der Waals surface area contributed by atoms with Gasteiger partial charge < -0.3 is 15.9 Å². The Hall–Kier alpha value is -1.10. The molecule has 10 heavy (non-hydrogen) atoms. The van der Waals surface area contributed by atoms with Crippen LogP contribution < -0.4 is 5.73 Å². The summed E-state index contributed by atoms with van der Waals surface area (Å²) in [6, 6.07) is -1.50. The minimum absolute atomic E-state index is 0.525. The fourth-order valence-electron chi connectivity index (χ4n) is 0.326. The fourth-order valence-corrected chi connectivity index (χ4v) is 0.326. The van der Waals surface area contributed by atoms with Crippen LogP contribution in [0.15, 0.2) is 0 Å². The van der Waals surface area contributed by atoms with Gasteiger partial charge in [0.1, 0.15) is 6.04 Å². The number of aliphatic carboxylic acids is 2. The zero-order valence-corrected chi connectivity index (χ0v) is 5.15. The van der Waals surface area contributed by atoms with Crippen molar-refractivity contribution in [3.05, 3.63) is 0 Å². The Labute approximate surface area is 58.9 Å². The molecule has 58 valence electrons. The van der Waals surface area contributed by atoms with Crippen LogP contribution >= 0.6 is 0 Å². The van der Waals surface area contributed by atoms with Crippen LogP contribution in [-0.4, -0.2) is 28.2 Å². The molecule has 4 N–H and O–H groups in total. The standard InChI is InChI=1S/C5H9NO4/c1-2(4(7)8)3(6)5(9)10/h2-3H,6H2,1H3,(H,7,8)(H,9,10)/t2?,3-/m0/s1/i1D.